The fourth-order valence-corrected chi connectivity index (χ4v) is 8.53. The molecule has 0 aromatic heterocycles. The molecule has 3 fully saturated rings. The molecule has 1 unspecified atom stereocenters. The van der Waals surface area contributed by atoms with Crippen LogP contribution >= 0.6 is 0 Å². The second-order valence-electron chi connectivity index (χ2n) is 16.9. The molecule has 1 aromatic rings. The molecule has 3 heterocycles. The molecule has 5 atom stereocenters. The van der Waals surface area contributed by atoms with Crippen LogP contribution in [0.4, 0.5) is 9.59 Å². The lowest BCUT2D eigenvalue weighted by molar-refractivity contribution is -0.143. The second-order valence-corrected chi connectivity index (χ2v) is 18.8. The van der Waals surface area contributed by atoms with Crippen LogP contribution in [0.2, 0.25) is 0 Å². The van der Waals surface area contributed by atoms with Crippen molar-refractivity contribution >= 4 is 39.9 Å². The molecule has 2 saturated carbocycles. The highest BCUT2D eigenvalue weighted by molar-refractivity contribution is 7.91. The molecule has 1 saturated heterocycles. The zero-order valence-corrected chi connectivity index (χ0v) is 32.3. The molecule has 4 bridgehead atoms. The smallest absolute Gasteiger partial charge is 0.410 e. The summed E-state index contributed by atoms with van der Waals surface area (Å²) in [6, 6.07) is 3.21. The van der Waals surface area contributed by atoms with Crippen LogP contribution in [0.5, 0.6) is 5.75 Å². The van der Waals surface area contributed by atoms with Crippen LogP contribution in [0.1, 0.15) is 77.8 Å². The number of ether oxygens (including phenoxy) is 3. The van der Waals surface area contributed by atoms with Crippen molar-refractivity contribution in [2.45, 2.75) is 109 Å². The highest BCUT2D eigenvalue weighted by atomic mass is 32.2. The maximum absolute atomic E-state index is 14.5. The summed E-state index contributed by atoms with van der Waals surface area (Å²) in [4.78, 5) is 71.8. The van der Waals surface area contributed by atoms with Crippen molar-refractivity contribution in [2.75, 3.05) is 19.8 Å². The highest BCUT2D eigenvalue weighted by Gasteiger charge is 2.62. The fraction of sp³-hybridized carbons (Fsp3) is 0.605. The minimum atomic E-state index is -3.92. The quantitative estimate of drug-likeness (QED) is 0.362. The molecule has 54 heavy (non-hydrogen) atoms. The minimum absolute atomic E-state index is 0.0506. The van der Waals surface area contributed by atoms with Crippen LogP contribution in [0.3, 0.4) is 0 Å². The average molecular weight is 770 g/mol. The number of nitrogens with zero attached hydrogens (tertiary/aromatic N) is 2. The lowest BCUT2D eigenvalue weighted by Crippen LogP contribution is -2.60. The summed E-state index contributed by atoms with van der Waals surface area (Å²) in [7, 11) is -3.92. The lowest BCUT2D eigenvalue weighted by Gasteiger charge is -2.35. The number of sulfonamides is 1. The summed E-state index contributed by atoms with van der Waals surface area (Å²) >= 11 is 0. The van der Waals surface area contributed by atoms with Gasteiger partial charge in [0.25, 0.3) is 5.91 Å². The molecule has 0 spiro atoms. The van der Waals surface area contributed by atoms with Crippen LogP contribution in [-0.2, 0) is 47.0 Å². The zero-order valence-electron chi connectivity index (χ0n) is 31.5. The van der Waals surface area contributed by atoms with Gasteiger partial charge < -0.3 is 29.7 Å². The van der Waals surface area contributed by atoms with E-state index in [2.05, 4.69) is 21.9 Å². The molecule has 1 aromatic carbocycles. The van der Waals surface area contributed by atoms with E-state index in [-0.39, 0.29) is 39.1 Å². The summed E-state index contributed by atoms with van der Waals surface area (Å²) in [6.07, 6.45) is 4.37. The molecule has 2 aliphatic carbocycles. The van der Waals surface area contributed by atoms with Crippen molar-refractivity contribution in [3.05, 3.63) is 54.1 Å². The zero-order chi connectivity index (χ0) is 39.2. The Morgan fingerprint density at radius 3 is 2.48 bits per heavy atom. The monoisotopic (exact) mass is 769 g/mol. The number of allylic oxidation sites excluding steroid dienone is 1. The Morgan fingerprint density at radius 2 is 1.81 bits per heavy atom. The molecule has 3 N–H and O–H groups in total. The Kier molecular flexibility index (Phi) is 10.5. The van der Waals surface area contributed by atoms with Gasteiger partial charge in [-0.1, -0.05) is 65.0 Å². The van der Waals surface area contributed by atoms with E-state index in [1.54, 1.807) is 20.8 Å². The molecule has 15 nitrogen and oxygen atoms in total. The van der Waals surface area contributed by atoms with Crippen molar-refractivity contribution in [1.82, 2.24) is 25.2 Å². The number of nitrogens with one attached hydrogen (secondary N) is 3. The Balaban J connectivity index is 1.28. The van der Waals surface area contributed by atoms with Crippen molar-refractivity contribution in [3.8, 4) is 5.75 Å². The number of benzene rings is 1. The first-order chi connectivity index (χ1) is 25.3. The fourth-order valence-electron chi connectivity index (χ4n) is 7.17. The van der Waals surface area contributed by atoms with Crippen LogP contribution in [-0.4, -0.2) is 96.9 Å². The highest BCUT2D eigenvalue weighted by Crippen LogP contribution is 2.45. The maximum atomic E-state index is 14.5. The minimum Gasteiger partial charge on any atom is -0.489 e. The van der Waals surface area contributed by atoms with Crippen LogP contribution < -0.4 is 20.1 Å². The summed E-state index contributed by atoms with van der Waals surface area (Å²) in [5.41, 5.74) is -1.14. The molecule has 0 radical (unpaired) electrons. The number of cyclic esters (lactones) is 1. The van der Waals surface area contributed by atoms with Gasteiger partial charge in [-0.25, -0.2) is 18.0 Å². The van der Waals surface area contributed by atoms with Crippen molar-refractivity contribution < 1.29 is 46.6 Å². The van der Waals surface area contributed by atoms with E-state index in [1.807, 2.05) is 44.2 Å². The normalized spacial score (nSPS) is 29.4. The summed E-state index contributed by atoms with van der Waals surface area (Å²) in [6.45, 7) is 13.6. The number of hydrogen-bond donors (Lipinski definition) is 3. The molecule has 294 valence electrons. The Morgan fingerprint density at radius 1 is 1.07 bits per heavy atom. The first-order valence-corrected chi connectivity index (χ1v) is 20.0. The topological polar surface area (TPSA) is 190 Å². The number of alkyl carbamates (subject to hydrolysis) is 1. The van der Waals surface area contributed by atoms with Gasteiger partial charge in [-0.2, -0.15) is 0 Å². The van der Waals surface area contributed by atoms with E-state index < -0.39 is 85.7 Å². The van der Waals surface area contributed by atoms with Crippen LogP contribution in [0, 0.1) is 16.7 Å². The Hall–Kier alpha value is -4.60. The van der Waals surface area contributed by atoms with Gasteiger partial charge in [-0.05, 0) is 42.7 Å². The van der Waals surface area contributed by atoms with Gasteiger partial charge >= 0.3 is 12.2 Å². The molecule has 16 heteroatoms. The van der Waals surface area contributed by atoms with Gasteiger partial charge in [0.1, 0.15) is 36.1 Å². The van der Waals surface area contributed by atoms with E-state index in [1.165, 1.54) is 15.9 Å². The van der Waals surface area contributed by atoms with Gasteiger partial charge in [0.15, 0.2) is 0 Å². The number of fused-ring (bicyclic) bond motifs is 3. The predicted octanol–water partition coefficient (Wildman–Crippen LogP) is 3.28. The van der Waals surface area contributed by atoms with Gasteiger partial charge in [-0.3, -0.25) is 24.0 Å². The first kappa shape index (κ1) is 39.1. The standard InChI is InChI=1S/C38H51N5O10S/c1-7-24-18-38(24,33(46)41-54(49,50)26-13-14-26)40-31(44)28-17-25-20-43(28)32(45)30(36(2,3)4)39-34(47)52-22-37(5,6)15-8-9-16-51-29-12-10-11-23-19-42(21-27(23)29)35(48)53-25/h7-12,24-26,28,30H,1,13-22H2,2-6H3,(H,39,47)(H,40,44)(H,41,46)/b9-8+/t24-,25+,28?,30+,38-/m0/s1. The molecule has 3 aliphatic heterocycles. The van der Waals surface area contributed by atoms with E-state index in [0.29, 0.717) is 31.6 Å². The number of rotatable bonds is 6. The first-order valence-electron chi connectivity index (χ1n) is 18.4. The van der Waals surface area contributed by atoms with Crippen LogP contribution in [0.25, 0.3) is 0 Å². The molecule has 5 aliphatic rings. The third kappa shape index (κ3) is 8.37. The summed E-state index contributed by atoms with van der Waals surface area (Å²) < 4.78 is 45.1. The van der Waals surface area contributed by atoms with E-state index in [0.717, 1.165) is 11.1 Å². The van der Waals surface area contributed by atoms with Crippen LogP contribution in [0.15, 0.2) is 43.0 Å². The molecular formula is C38H51N5O10S. The third-order valence-electron chi connectivity index (χ3n) is 10.7. The third-order valence-corrected chi connectivity index (χ3v) is 12.5. The second kappa shape index (κ2) is 14.6. The Labute approximate surface area is 316 Å². The SMILES string of the molecule is C=C[C@H]1C[C@@]1(NC(=O)C1C[C@@H]2CN1C(=O)[C@H](C(C)(C)C)NC(=O)OCC(C)(C)C/C=C/COc1cccc3c1CN(C3)C(=O)O2)C(=O)NS(=O)(=O)C1CC1. The number of amides is 5. The van der Waals surface area contributed by atoms with Gasteiger partial charge in [0, 0.05) is 29.9 Å². The van der Waals surface area contributed by atoms with Crippen molar-refractivity contribution in [3.63, 3.8) is 0 Å². The van der Waals surface area contributed by atoms with Gasteiger partial charge in [0.05, 0.1) is 24.9 Å². The average Bonchev–Trinajstić information content (AvgIpc) is 3.99. The largest absolute Gasteiger partial charge is 0.489 e. The Bertz CT molecular complexity index is 1850. The molecular weight excluding hydrogens is 719 g/mol. The van der Waals surface area contributed by atoms with Crippen molar-refractivity contribution in [2.24, 2.45) is 16.7 Å². The summed E-state index contributed by atoms with van der Waals surface area (Å²) in [5.74, 6) is -2.15. The van der Waals surface area contributed by atoms with Gasteiger partial charge in [-0.15, -0.1) is 6.58 Å². The number of hydrogen-bond acceptors (Lipinski definition) is 10. The molecule has 5 amide bonds. The lowest BCUT2D eigenvalue weighted by atomic mass is 9.85. The van der Waals surface area contributed by atoms with E-state index in [9.17, 15) is 32.4 Å². The number of carbonyl (C=O) groups excluding carboxylic acids is 5. The molecule has 6 rings (SSSR count). The van der Waals surface area contributed by atoms with Crippen molar-refractivity contribution in [1.29, 1.82) is 0 Å². The van der Waals surface area contributed by atoms with E-state index >= 15 is 0 Å². The maximum Gasteiger partial charge on any atom is 0.410 e. The van der Waals surface area contributed by atoms with E-state index in [4.69, 9.17) is 14.2 Å². The number of carbonyl (C=O) groups is 5. The predicted molar refractivity (Wildman–Crippen MR) is 196 cm³/mol. The summed E-state index contributed by atoms with van der Waals surface area (Å²) in [5, 5.41) is 4.79. The van der Waals surface area contributed by atoms with Gasteiger partial charge in [0.2, 0.25) is 21.8 Å².